The molecule has 0 aliphatic carbocycles. The number of aromatic amines is 1. The average molecular weight is 427 g/mol. The van der Waals surface area contributed by atoms with Gasteiger partial charge in [0.05, 0.1) is 11.1 Å². The highest BCUT2D eigenvalue weighted by molar-refractivity contribution is 5.95. The number of hydrogen-bond donors (Lipinski definition) is 2. The fourth-order valence-corrected chi connectivity index (χ4v) is 4.13. The van der Waals surface area contributed by atoms with Crippen molar-refractivity contribution in [1.29, 1.82) is 0 Å². The number of hydrogen-bond acceptors (Lipinski definition) is 6. The Morgan fingerprint density at radius 2 is 1.81 bits per heavy atom. The standard InChI is InChI=1S/C25H26N6O/c1-17-7-9-26-16-21(17)22-15-18-8-10-27-25(32)23(18)24(29-22)28-19-3-5-20(6-4-19)31-13-11-30(2)12-14-31/h3-10,15-16H,11-14H2,1-2H3,(H,27,32)(H,28,29). The molecule has 0 unspecified atom stereocenters. The van der Waals surface area contributed by atoms with Gasteiger partial charge in [0.25, 0.3) is 5.56 Å². The summed E-state index contributed by atoms with van der Waals surface area (Å²) in [4.78, 5) is 29.2. The van der Waals surface area contributed by atoms with E-state index >= 15 is 0 Å². The molecular formula is C25H26N6O. The van der Waals surface area contributed by atoms with Crippen LogP contribution in [0.15, 0.2) is 65.8 Å². The van der Waals surface area contributed by atoms with E-state index in [9.17, 15) is 4.79 Å². The second-order valence-electron chi connectivity index (χ2n) is 8.28. The predicted octanol–water partition coefficient (Wildman–Crippen LogP) is 3.79. The van der Waals surface area contributed by atoms with Crippen LogP contribution in [-0.4, -0.2) is 53.1 Å². The quantitative estimate of drug-likeness (QED) is 0.517. The summed E-state index contributed by atoms with van der Waals surface area (Å²) in [7, 11) is 2.16. The summed E-state index contributed by atoms with van der Waals surface area (Å²) in [6, 6.07) is 14.1. The molecule has 0 saturated carbocycles. The zero-order valence-electron chi connectivity index (χ0n) is 18.3. The number of anilines is 3. The first-order chi connectivity index (χ1) is 15.6. The van der Waals surface area contributed by atoms with E-state index < -0.39 is 0 Å². The fourth-order valence-electron chi connectivity index (χ4n) is 4.13. The van der Waals surface area contributed by atoms with Gasteiger partial charge in [-0.15, -0.1) is 0 Å². The first-order valence-corrected chi connectivity index (χ1v) is 10.8. The molecule has 7 heteroatoms. The lowest BCUT2D eigenvalue weighted by atomic mass is 10.1. The van der Waals surface area contributed by atoms with Crippen molar-refractivity contribution < 1.29 is 0 Å². The van der Waals surface area contributed by atoms with Gasteiger partial charge in [-0.05, 0) is 67.4 Å². The van der Waals surface area contributed by atoms with E-state index in [1.54, 1.807) is 12.4 Å². The van der Waals surface area contributed by atoms with Crippen LogP contribution in [0.3, 0.4) is 0 Å². The molecule has 2 N–H and O–H groups in total. The van der Waals surface area contributed by atoms with E-state index in [1.807, 2.05) is 43.5 Å². The molecule has 0 bridgehead atoms. The zero-order valence-corrected chi connectivity index (χ0v) is 18.3. The third-order valence-corrected chi connectivity index (χ3v) is 6.07. The summed E-state index contributed by atoms with van der Waals surface area (Å²) >= 11 is 0. The molecule has 1 aromatic carbocycles. The van der Waals surface area contributed by atoms with Gasteiger partial charge in [-0.3, -0.25) is 9.78 Å². The monoisotopic (exact) mass is 426 g/mol. The number of aromatic nitrogens is 3. The minimum Gasteiger partial charge on any atom is -0.369 e. The summed E-state index contributed by atoms with van der Waals surface area (Å²) in [6.45, 7) is 6.22. The van der Waals surface area contributed by atoms with Crippen molar-refractivity contribution in [3.63, 3.8) is 0 Å². The van der Waals surface area contributed by atoms with Crippen molar-refractivity contribution in [2.45, 2.75) is 6.92 Å². The molecule has 5 rings (SSSR count). The SMILES string of the molecule is Cc1ccncc1-c1cc2cc[nH]c(=O)c2c(Nc2ccc(N3CCN(C)CC3)cc2)n1. The molecule has 3 aromatic heterocycles. The van der Waals surface area contributed by atoms with Gasteiger partial charge in [0.15, 0.2) is 0 Å². The number of fused-ring (bicyclic) bond motifs is 1. The van der Waals surface area contributed by atoms with Gasteiger partial charge in [0, 0.05) is 61.7 Å². The predicted molar refractivity (Wildman–Crippen MR) is 130 cm³/mol. The van der Waals surface area contributed by atoms with Crippen LogP contribution in [0.5, 0.6) is 0 Å². The van der Waals surface area contributed by atoms with Crippen molar-refractivity contribution >= 4 is 28.0 Å². The third-order valence-electron chi connectivity index (χ3n) is 6.07. The maximum Gasteiger partial charge on any atom is 0.259 e. The lowest BCUT2D eigenvalue weighted by molar-refractivity contribution is 0.313. The molecule has 4 aromatic rings. The summed E-state index contributed by atoms with van der Waals surface area (Å²) in [6.07, 6.45) is 5.25. The van der Waals surface area contributed by atoms with Gasteiger partial charge < -0.3 is 20.1 Å². The minimum absolute atomic E-state index is 0.166. The van der Waals surface area contributed by atoms with E-state index in [0.717, 1.165) is 54.1 Å². The summed E-state index contributed by atoms with van der Waals surface area (Å²) in [5.74, 6) is 0.537. The first-order valence-electron chi connectivity index (χ1n) is 10.8. The van der Waals surface area contributed by atoms with Crippen LogP contribution >= 0.6 is 0 Å². The molecule has 1 aliphatic rings. The van der Waals surface area contributed by atoms with E-state index in [2.05, 4.69) is 44.3 Å². The van der Waals surface area contributed by atoms with E-state index in [-0.39, 0.29) is 5.56 Å². The smallest absolute Gasteiger partial charge is 0.259 e. The molecule has 32 heavy (non-hydrogen) atoms. The highest BCUT2D eigenvalue weighted by Crippen LogP contribution is 2.29. The molecule has 1 fully saturated rings. The zero-order chi connectivity index (χ0) is 22.1. The Morgan fingerprint density at radius 1 is 1.03 bits per heavy atom. The lowest BCUT2D eigenvalue weighted by Crippen LogP contribution is -2.44. The molecule has 1 saturated heterocycles. The van der Waals surface area contributed by atoms with Gasteiger partial charge in [-0.2, -0.15) is 0 Å². The van der Waals surface area contributed by atoms with Crippen molar-refractivity contribution in [2.24, 2.45) is 0 Å². The number of benzene rings is 1. The van der Waals surface area contributed by atoms with Crippen LogP contribution in [-0.2, 0) is 0 Å². The minimum atomic E-state index is -0.166. The molecule has 4 heterocycles. The van der Waals surface area contributed by atoms with E-state index in [0.29, 0.717) is 11.2 Å². The molecule has 0 radical (unpaired) electrons. The van der Waals surface area contributed by atoms with Gasteiger partial charge >= 0.3 is 0 Å². The van der Waals surface area contributed by atoms with Crippen LogP contribution in [0.1, 0.15) is 5.56 Å². The lowest BCUT2D eigenvalue weighted by Gasteiger charge is -2.34. The highest BCUT2D eigenvalue weighted by Gasteiger charge is 2.15. The van der Waals surface area contributed by atoms with Crippen molar-refractivity contribution in [3.8, 4) is 11.3 Å². The largest absolute Gasteiger partial charge is 0.369 e. The Bertz CT molecular complexity index is 1310. The second kappa shape index (κ2) is 8.43. The van der Waals surface area contributed by atoms with Crippen LogP contribution in [0.25, 0.3) is 22.0 Å². The maximum atomic E-state index is 12.6. The number of piperazine rings is 1. The van der Waals surface area contributed by atoms with Crippen LogP contribution < -0.4 is 15.8 Å². The summed E-state index contributed by atoms with van der Waals surface area (Å²) in [5, 5.41) is 4.75. The number of rotatable bonds is 4. The molecular weight excluding hydrogens is 400 g/mol. The number of pyridine rings is 3. The van der Waals surface area contributed by atoms with Gasteiger partial charge in [0.1, 0.15) is 5.82 Å². The molecule has 0 atom stereocenters. The number of nitrogens with one attached hydrogen (secondary N) is 2. The Labute approximate surface area is 186 Å². The van der Waals surface area contributed by atoms with E-state index in [4.69, 9.17) is 4.98 Å². The molecule has 1 aliphatic heterocycles. The fraction of sp³-hybridized carbons (Fsp3) is 0.240. The number of aryl methyl sites for hydroxylation is 1. The van der Waals surface area contributed by atoms with Crippen LogP contribution in [0.4, 0.5) is 17.2 Å². The summed E-state index contributed by atoms with van der Waals surface area (Å²) in [5.41, 5.74) is 4.74. The van der Waals surface area contributed by atoms with Gasteiger partial charge in [-0.1, -0.05) is 0 Å². The van der Waals surface area contributed by atoms with Crippen LogP contribution in [0, 0.1) is 6.92 Å². The normalized spacial score (nSPS) is 14.6. The Kier molecular flexibility index (Phi) is 5.33. The van der Waals surface area contributed by atoms with Gasteiger partial charge in [0.2, 0.25) is 0 Å². The van der Waals surface area contributed by atoms with E-state index in [1.165, 1.54) is 5.69 Å². The first kappa shape index (κ1) is 20.2. The van der Waals surface area contributed by atoms with Crippen molar-refractivity contribution in [1.82, 2.24) is 19.9 Å². The topological polar surface area (TPSA) is 77.2 Å². The maximum absolute atomic E-state index is 12.6. The number of likely N-dealkylation sites (N-methyl/N-ethyl adjacent to an activating group) is 1. The van der Waals surface area contributed by atoms with Crippen LogP contribution in [0.2, 0.25) is 0 Å². The molecule has 162 valence electrons. The number of nitrogens with zero attached hydrogens (tertiary/aromatic N) is 4. The second-order valence-corrected chi connectivity index (χ2v) is 8.28. The highest BCUT2D eigenvalue weighted by atomic mass is 16.1. The Balaban J connectivity index is 1.51. The van der Waals surface area contributed by atoms with Crippen molar-refractivity contribution in [3.05, 3.63) is 77.0 Å². The van der Waals surface area contributed by atoms with Crippen molar-refractivity contribution in [2.75, 3.05) is 43.4 Å². The summed E-state index contributed by atoms with van der Waals surface area (Å²) < 4.78 is 0. The third kappa shape index (κ3) is 3.94. The van der Waals surface area contributed by atoms with Gasteiger partial charge in [-0.25, -0.2) is 4.98 Å². The molecule has 0 spiro atoms. The molecule has 7 nitrogen and oxygen atoms in total. The average Bonchev–Trinajstić information content (AvgIpc) is 2.80. The Hall–Kier alpha value is -3.71. The Morgan fingerprint density at radius 3 is 2.56 bits per heavy atom. The number of H-pyrrole nitrogens is 1. The molecule has 0 amide bonds.